The summed E-state index contributed by atoms with van der Waals surface area (Å²) in [5.74, 6) is -1.40. The zero-order chi connectivity index (χ0) is 11.6. The van der Waals surface area contributed by atoms with E-state index in [-0.39, 0.29) is 17.1 Å². The maximum absolute atomic E-state index is 10.6. The van der Waals surface area contributed by atoms with E-state index < -0.39 is 12.1 Å². The maximum atomic E-state index is 10.6. The first kappa shape index (κ1) is 11.8. The van der Waals surface area contributed by atoms with Gasteiger partial charge in [-0.1, -0.05) is 15.9 Å². The highest BCUT2D eigenvalue weighted by Gasteiger charge is 2.21. The minimum atomic E-state index is -1.66. The van der Waals surface area contributed by atoms with E-state index in [4.69, 9.17) is 9.84 Å². The van der Waals surface area contributed by atoms with Crippen LogP contribution in [-0.4, -0.2) is 28.4 Å². The second-order valence-corrected chi connectivity index (χ2v) is 3.64. The molecule has 0 saturated carbocycles. The van der Waals surface area contributed by atoms with Crippen LogP contribution in [-0.2, 0) is 4.79 Å². The molecule has 5 nitrogen and oxygen atoms in total. The van der Waals surface area contributed by atoms with Gasteiger partial charge in [-0.15, -0.1) is 0 Å². The first-order valence-electron chi connectivity index (χ1n) is 3.94. The average Bonchev–Trinajstić information content (AvgIpc) is 2.17. The van der Waals surface area contributed by atoms with Gasteiger partial charge in [0.25, 0.3) is 0 Å². The lowest BCUT2D eigenvalue weighted by Crippen LogP contribution is -2.11. The Labute approximate surface area is 94.1 Å². The first-order chi connectivity index (χ1) is 6.97. The van der Waals surface area contributed by atoms with Gasteiger partial charge in [0.2, 0.25) is 0 Å². The number of benzene rings is 1. The molecule has 0 radical (unpaired) electrons. The number of phenolic OH excluding ortho intramolecular Hbond substituents is 1. The van der Waals surface area contributed by atoms with E-state index >= 15 is 0 Å². The van der Waals surface area contributed by atoms with E-state index in [2.05, 4.69) is 15.9 Å². The molecule has 0 saturated heterocycles. The smallest absolute Gasteiger partial charge is 0.337 e. The van der Waals surface area contributed by atoms with Gasteiger partial charge in [0, 0.05) is 10.0 Å². The molecule has 6 heteroatoms. The van der Waals surface area contributed by atoms with E-state index in [9.17, 15) is 15.0 Å². The number of phenols is 1. The van der Waals surface area contributed by atoms with Crippen LogP contribution in [0, 0.1) is 0 Å². The largest absolute Gasteiger partial charge is 0.504 e. The summed E-state index contributed by atoms with van der Waals surface area (Å²) in [5.41, 5.74) is 0.122. The lowest BCUT2D eigenvalue weighted by molar-refractivity contribution is -0.147. The number of carboxylic acids is 1. The standard InChI is InChI=1S/C9H9BrO5/c1-15-7-2-4(8(12)9(13)14)5(10)3-6(7)11/h2-3,8,11-12H,1H3,(H,13,14). The number of aliphatic hydroxyl groups excluding tert-OH is 1. The van der Waals surface area contributed by atoms with Gasteiger partial charge < -0.3 is 20.1 Å². The van der Waals surface area contributed by atoms with Crippen LogP contribution in [0.4, 0.5) is 0 Å². The highest BCUT2D eigenvalue weighted by atomic mass is 79.9. The quantitative estimate of drug-likeness (QED) is 0.774. The number of halogens is 1. The van der Waals surface area contributed by atoms with E-state index in [1.165, 1.54) is 19.2 Å². The number of rotatable bonds is 3. The van der Waals surface area contributed by atoms with Gasteiger partial charge >= 0.3 is 5.97 Å². The molecule has 0 heterocycles. The number of carboxylic acid groups (broad SMARTS) is 1. The minimum Gasteiger partial charge on any atom is -0.504 e. The predicted molar refractivity (Wildman–Crippen MR) is 55.0 cm³/mol. The van der Waals surface area contributed by atoms with Crippen molar-refractivity contribution in [1.29, 1.82) is 0 Å². The van der Waals surface area contributed by atoms with Gasteiger partial charge in [0.05, 0.1) is 7.11 Å². The number of aliphatic carboxylic acids is 1. The fourth-order valence-corrected chi connectivity index (χ4v) is 1.61. The first-order valence-corrected chi connectivity index (χ1v) is 4.74. The van der Waals surface area contributed by atoms with Gasteiger partial charge in [-0.25, -0.2) is 4.79 Å². The van der Waals surface area contributed by atoms with Crippen molar-refractivity contribution in [3.8, 4) is 11.5 Å². The van der Waals surface area contributed by atoms with Gasteiger partial charge in [-0.3, -0.25) is 0 Å². The SMILES string of the molecule is COc1cc(C(O)C(=O)O)c(Br)cc1O. The molecule has 1 aromatic rings. The number of hydrogen-bond acceptors (Lipinski definition) is 4. The summed E-state index contributed by atoms with van der Waals surface area (Å²) >= 11 is 3.04. The van der Waals surface area contributed by atoms with Crippen molar-refractivity contribution in [2.45, 2.75) is 6.10 Å². The molecule has 1 aromatic carbocycles. The molecule has 15 heavy (non-hydrogen) atoms. The molecule has 82 valence electrons. The van der Waals surface area contributed by atoms with E-state index in [0.29, 0.717) is 4.47 Å². The van der Waals surface area contributed by atoms with Crippen molar-refractivity contribution >= 4 is 21.9 Å². The Bertz CT molecular complexity index is 390. The molecule has 1 rings (SSSR count). The molecule has 0 amide bonds. The average molecular weight is 277 g/mol. The molecule has 0 aliphatic rings. The van der Waals surface area contributed by atoms with Crippen LogP contribution in [0.5, 0.6) is 11.5 Å². The minimum absolute atomic E-state index is 0.105. The molecule has 0 aliphatic carbocycles. The number of hydrogen-bond donors (Lipinski definition) is 3. The molecular weight excluding hydrogens is 268 g/mol. The van der Waals surface area contributed by atoms with Crippen molar-refractivity contribution in [1.82, 2.24) is 0 Å². The highest BCUT2D eigenvalue weighted by Crippen LogP contribution is 2.35. The number of ether oxygens (including phenoxy) is 1. The molecule has 0 spiro atoms. The topological polar surface area (TPSA) is 87.0 Å². The third-order valence-corrected chi connectivity index (χ3v) is 2.51. The Kier molecular flexibility index (Phi) is 3.54. The number of carbonyl (C=O) groups is 1. The summed E-state index contributed by atoms with van der Waals surface area (Å²) in [6, 6.07) is 2.53. The molecular formula is C9H9BrO5. The summed E-state index contributed by atoms with van der Waals surface area (Å²) in [5, 5.41) is 27.3. The van der Waals surface area contributed by atoms with Gasteiger partial charge in [0.1, 0.15) is 0 Å². The Morgan fingerprint density at radius 2 is 2.13 bits per heavy atom. The zero-order valence-corrected chi connectivity index (χ0v) is 9.35. The van der Waals surface area contributed by atoms with Crippen molar-refractivity contribution in [3.63, 3.8) is 0 Å². The van der Waals surface area contributed by atoms with Gasteiger partial charge in [-0.2, -0.15) is 0 Å². The second kappa shape index (κ2) is 4.50. The Morgan fingerprint density at radius 1 is 1.53 bits per heavy atom. The lowest BCUT2D eigenvalue weighted by atomic mass is 10.1. The molecule has 0 aromatic heterocycles. The second-order valence-electron chi connectivity index (χ2n) is 2.79. The fourth-order valence-electron chi connectivity index (χ4n) is 1.06. The Morgan fingerprint density at radius 3 is 2.60 bits per heavy atom. The number of aliphatic hydroxyl groups is 1. The molecule has 1 atom stereocenters. The summed E-state index contributed by atoms with van der Waals surface area (Å²) in [6.07, 6.45) is -1.66. The third kappa shape index (κ3) is 2.40. The Hall–Kier alpha value is -1.27. The summed E-state index contributed by atoms with van der Waals surface area (Å²) in [4.78, 5) is 10.6. The van der Waals surface area contributed by atoms with E-state index in [0.717, 1.165) is 0 Å². The fraction of sp³-hybridized carbons (Fsp3) is 0.222. The Balaban J connectivity index is 3.24. The summed E-state index contributed by atoms with van der Waals surface area (Å²) in [6.45, 7) is 0. The zero-order valence-electron chi connectivity index (χ0n) is 7.77. The van der Waals surface area contributed by atoms with E-state index in [1.807, 2.05) is 0 Å². The molecule has 0 bridgehead atoms. The predicted octanol–water partition coefficient (Wildman–Crippen LogP) is 1.28. The maximum Gasteiger partial charge on any atom is 0.337 e. The van der Waals surface area contributed by atoms with Crippen LogP contribution in [0.1, 0.15) is 11.7 Å². The van der Waals surface area contributed by atoms with Crippen molar-refractivity contribution in [2.75, 3.05) is 7.11 Å². The molecule has 0 aliphatic heterocycles. The van der Waals surface area contributed by atoms with Gasteiger partial charge in [-0.05, 0) is 12.1 Å². The molecule has 0 fully saturated rings. The van der Waals surface area contributed by atoms with Crippen molar-refractivity contribution in [3.05, 3.63) is 22.2 Å². The monoisotopic (exact) mass is 276 g/mol. The van der Waals surface area contributed by atoms with Crippen LogP contribution in [0.15, 0.2) is 16.6 Å². The van der Waals surface area contributed by atoms with Crippen LogP contribution < -0.4 is 4.74 Å². The third-order valence-electron chi connectivity index (χ3n) is 1.83. The van der Waals surface area contributed by atoms with Crippen LogP contribution in [0.3, 0.4) is 0 Å². The lowest BCUT2D eigenvalue weighted by Gasteiger charge is -2.11. The van der Waals surface area contributed by atoms with Crippen LogP contribution >= 0.6 is 15.9 Å². The van der Waals surface area contributed by atoms with Crippen LogP contribution in [0.25, 0.3) is 0 Å². The summed E-state index contributed by atoms with van der Waals surface area (Å²) < 4.78 is 5.10. The normalized spacial score (nSPS) is 12.2. The highest BCUT2D eigenvalue weighted by molar-refractivity contribution is 9.10. The number of aromatic hydroxyl groups is 1. The summed E-state index contributed by atoms with van der Waals surface area (Å²) in [7, 11) is 1.33. The van der Waals surface area contributed by atoms with Crippen LogP contribution in [0.2, 0.25) is 0 Å². The van der Waals surface area contributed by atoms with Crippen molar-refractivity contribution < 1.29 is 24.9 Å². The number of methoxy groups -OCH3 is 1. The molecule has 3 N–H and O–H groups in total. The van der Waals surface area contributed by atoms with Gasteiger partial charge in [0.15, 0.2) is 17.6 Å². The van der Waals surface area contributed by atoms with Crippen molar-refractivity contribution in [2.24, 2.45) is 0 Å². The van der Waals surface area contributed by atoms with E-state index in [1.54, 1.807) is 0 Å². The molecule has 1 unspecified atom stereocenters.